The molecule has 4 nitrogen and oxygen atoms in total. The Morgan fingerprint density at radius 3 is 2.62 bits per heavy atom. The minimum Gasteiger partial charge on any atom is -0.390 e. The molecule has 0 spiro atoms. The molecule has 4 N–H and O–H groups in total. The van der Waals surface area contributed by atoms with Gasteiger partial charge in [-0.3, -0.25) is 0 Å². The summed E-state index contributed by atoms with van der Waals surface area (Å²) in [5, 5.41) is 13.3. The highest BCUT2D eigenvalue weighted by Gasteiger charge is 2.14. The summed E-state index contributed by atoms with van der Waals surface area (Å²) in [6.45, 7) is 5.16. The zero-order chi connectivity index (χ0) is 15.3. The fourth-order valence-corrected chi connectivity index (χ4v) is 2.07. The van der Waals surface area contributed by atoms with E-state index in [9.17, 15) is 5.11 Å². The van der Waals surface area contributed by atoms with Gasteiger partial charge in [0.15, 0.2) is 0 Å². The van der Waals surface area contributed by atoms with Crippen molar-refractivity contribution >= 4 is 0 Å². The Hall–Kier alpha value is -0.940. The summed E-state index contributed by atoms with van der Waals surface area (Å²) in [5.41, 5.74) is 7.19. The van der Waals surface area contributed by atoms with Gasteiger partial charge in [-0.15, -0.1) is 0 Å². The van der Waals surface area contributed by atoms with Crippen molar-refractivity contribution in [2.45, 2.75) is 44.8 Å². The molecule has 0 aromatic heterocycles. The molecule has 0 heterocycles. The smallest absolute Gasteiger partial charge is 0.0818 e. The highest BCUT2D eigenvalue weighted by atomic mass is 16.5. The average Bonchev–Trinajstić information content (AvgIpc) is 2.50. The molecule has 21 heavy (non-hydrogen) atoms. The third-order valence-electron chi connectivity index (χ3n) is 3.45. The van der Waals surface area contributed by atoms with Crippen LogP contribution in [0.4, 0.5) is 0 Å². The summed E-state index contributed by atoms with van der Waals surface area (Å²) in [6, 6.07) is 9.80. The van der Waals surface area contributed by atoms with E-state index >= 15 is 0 Å². The summed E-state index contributed by atoms with van der Waals surface area (Å²) < 4.78 is 5.48. The Kier molecular flexibility index (Phi) is 10.1. The Morgan fingerprint density at radius 1 is 1.19 bits per heavy atom. The van der Waals surface area contributed by atoms with Gasteiger partial charge in [0.25, 0.3) is 0 Å². The lowest BCUT2D eigenvalue weighted by Gasteiger charge is -2.19. The first-order valence-corrected chi connectivity index (χ1v) is 8.00. The van der Waals surface area contributed by atoms with Crippen molar-refractivity contribution < 1.29 is 9.84 Å². The van der Waals surface area contributed by atoms with Crippen LogP contribution in [0.1, 0.15) is 31.7 Å². The standard InChI is InChI=1S/C17H30N2O2/c1-2-3-11-21-12-7-10-19-14-17(20)16(18)13-15-8-5-4-6-9-15/h4-6,8-9,16-17,19-20H,2-3,7,10-14,18H2,1H3. The molecule has 2 unspecified atom stereocenters. The SMILES string of the molecule is CCCCOCCCNCC(O)C(N)Cc1ccccc1. The van der Waals surface area contributed by atoms with E-state index in [1.807, 2.05) is 30.3 Å². The van der Waals surface area contributed by atoms with Crippen LogP contribution in [0, 0.1) is 0 Å². The molecule has 1 aromatic carbocycles. The van der Waals surface area contributed by atoms with Crippen molar-refractivity contribution in [1.29, 1.82) is 0 Å². The van der Waals surface area contributed by atoms with Crippen molar-refractivity contribution in [3.05, 3.63) is 35.9 Å². The molecule has 0 saturated carbocycles. The maximum absolute atomic E-state index is 10.0. The Morgan fingerprint density at radius 2 is 1.90 bits per heavy atom. The largest absolute Gasteiger partial charge is 0.390 e. The number of nitrogens with two attached hydrogens (primary N) is 1. The molecular formula is C17H30N2O2. The molecule has 2 atom stereocenters. The number of unbranched alkanes of at least 4 members (excludes halogenated alkanes) is 1. The van der Waals surface area contributed by atoms with Gasteiger partial charge < -0.3 is 20.9 Å². The van der Waals surface area contributed by atoms with Crippen molar-refractivity contribution in [3.63, 3.8) is 0 Å². The first-order valence-electron chi connectivity index (χ1n) is 8.00. The fraction of sp³-hybridized carbons (Fsp3) is 0.647. The number of hydrogen-bond donors (Lipinski definition) is 3. The number of benzene rings is 1. The van der Waals surface area contributed by atoms with Gasteiger partial charge in [-0.25, -0.2) is 0 Å². The minimum atomic E-state index is -0.522. The van der Waals surface area contributed by atoms with Crippen molar-refractivity contribution in [2.24, 2.45) is 5.73 Å². The Labute approximate surface area is 128 Å². The maximum atomic E-state index is 10.0. The Bertz CT molecular complexity index is 346. The molecule has 4 heteroatoms. The lowest BCUT2D eigenvalue weighted by molar-refractivity contribution is 0.123. The van der Waals surface area contributed by atoms with E-state index < -0.39 is 6.10 Å². The van der Waals surface area contributed by atoms with Crippen LogP contribution in [0.2, 0.25) is 0 Å². The second-order valence-electron chi connectivity index (χ2n) is 5.44. The van der Waals surface area contributed by atoms with E-state index in [4.69, 9.17) is 10.5 Å². The molecule has 0 saturated heterocycles. The summed E-state index contributed by atoms with van der Waals surface area (Å²) in [4.78, 5) is 0. The van der Waals surface area contributed by atoms with E-state index in [2.05, 4.69) is 12.2 Å². The highest BCUT2D eigenvalue weighted by Crippen LogP contribution is 2.04. The monoisotopic (exact) mass is 294 g/mol. The first kappa shape index (κ1) is 18.1. The molecular weight excluding hydrogens is 264 g/mol. The summed E-state index contributed by atoms with van der Waals surface area (Å²) in [6.07, 6.45) is 3.43. The number of aliphatic hydroxyl groups excluding tert-OH is 1. The van der Waals surface area contributed by atoms with Crippen LogP contribution in [0.5, 0.6) is 0 Å². The number of ether oxygens (including phenoxy) is 1. The minimum absolute atomic E-state index is 0.235. The van der Waals surface area contributed by atoms with Crippen LogP contribution in [-0.4, -0.2) is 43.6 Å². The van der Waals surface area contributed by atoms with Crippen LogP contribution in [0.15, 0.2) is 30.3 Å². The van der Waals surface area contributed by atoms with Crippen molar-refractivity contribution in [1.82, 2.24) is 5.32 Å². The number of nitrogens with one attached hydrogen (secondary N) is 1. The molecule has 0 radical (unpaired) electrons. The van der Waals surface area contributed by atoms with Crippen LogP contribution in [-0.2, 0) is 11.2 Å². The summed E-state index contributed by atoms with van der Waals surface area (Å²) >= 11 is 0. The predicted octanol–water partition coefficient (Wildman–Crippen LogP) is 1.71. The van der Waals surface area contributed by atoms with Gasteiger partial charge in [-0.2, -0.15) is 0 Å². The third-order valence-corrected chi connectivity index (χ3v) is 3.45. The second-order valence-corrected chi connectivity index (χ2v) is 5.44. The fourth-order valence-electron chi connectivity index (χ4n) is 2.07. The number of aliphatic hydroxyl groups is 1. The zero-order valence-corrected chi connectivity index (χ0v) is 13.1. The van der Waals surface area contributed by atoms with Gasteiger partial charge >= 0.3 is 0 Å². The van der Waals surface area contributed by atoms with Gasteiger partial charge in [0, 0.05) is 25.8 Å². The molecule has 1 rings (SSSR count). The summed E-state index contributed by atoms with van der Waals surface area (Å²) in [7, 11) is 0. The third kappa shape index (κ3) is 8.83. The normalized spacial score (nSPS) is 14.0. The Balaban J connectivity index is 2.03. The van der Waals surface area contributed by atoms with Crippen molar-refractivity contribution in [2.75, 3.05) is 26.3 Å². The predicted molar refractivity (Wildman–Crippen MR) is 87.3 cm³/mol. The number of rotatable bonds is 12. The van der Waals surface area contributed by atoms with Crippen LogP contribution in [0.25, 0.3) is 0 Å². The topological polar surface area (TPSA) is 67.5 Å². The van der Waals surface area contributed by atoms with E-state index in [1.54, 1.807) is 0 Å². The maximum Gasteiger partial charge on any atom is 0.0818 e. The number of hydrogen-bond acceptors (Lipinski definition) is 4. The van der Waals surface area contributed by atoms with E-state index in [1.165, 1.54) is 6.42 Å². The lowest BCUT2D eigenvalue weighted by atomic mass is 10.0. The molecule has 1 aromatic rings. The molecule has 0 bridgehead atoms. The van der Waals surface area contributed by atoms with Crippen LogP contribution >= 0.6 is 0 Å². The first-order chi connectivity index (χ1) is 10.2. The van der Waals surface area contributed by atoms with Gasteiger partial charge in [0.1, 0.15) is 0 Å². The van der Waals surface area contributed by atoms with Gasteiger partial charge in [0.2, 0.25) is 0 Å². The van der Waals surface area contributed by atoms with Crippen LogP contribution in [0.3, 0.4) is 0 Å². The molecule has 0 aliphatic rings. The zero-order valence-electron chi connectivity index (χ0n) is 13.1. The highest BCUT2D eigenvalue weighted by molar-refractivity contribution is 5.16. The molecule has 0 aliphatic heterocycles. The summed E-state index contributed by atoms with van der Waals surface area (Å²) in [5.74, 6) is 0. The van der Waals surface area contributed by atoms with Crippen LogP contribution < -0.4 is 11.1 Å². The van der Waals surface area contributed by atoms with E-state index in [0.29, 0.717) is 13.0 Å². The van der Waals surface area contributed by atoms with E-state index in [-0.39, 0.29) is 6.04 Å². The average molecular weight is 294 g/mol. The van der Waals surface area contributed by atoms with Gasteiger partial charge in [0.05, 0.1) is 6.10 Å². The van der Waals surface area contributed by atoms with E-state index in [0.717, 1.165) is 38.2 Å². The molecule has 0 amide bonds. The van der Waals surface area contributed by atoms with Crippen molar-refractivity contribution in [3.8, 4) is 0 Å². The lowest BCUT2D eigenvalue weighted by Crippen LogP contribution is -2.43. The molecule has 120 valence electrons. The second kappa shape index (κ2) is 11.7. The molecule has 0 aliphatic carbocycles. The van der Waals surface area contributed by atoms with Gasteiger partial charge in [-0.1, -0.05) is 43.7 Å². The quantitative estimate of drug-likeness (QED) is 0.513. The van der Waals surface area contributed by atoms with Gasteiger partial charge in [-0.05, 0) is 31.4 Å². The molecule has 0 fully saturated rings.